The summed E-state index contributed by atoms with van der Waals surface area (Å²) in [7, 11) is 0. The van der Waals surface area contributed by atoms with E-state index in [0.717, 1.165) is 33.6 Å². The number of nitrogens with zero attached hydrogens (tertiary/aromatic N) is 1. The Morgan fingerprint density at radius 2 is 1.50 bits per heavy atom. The Morgan fingerprint density at radius 1 is 0.891 bits per heavy atom. The van der Waals surface area contributed by atoms with Gasteiger partial charge in [0.2, 0.25) is 0 Å². The second-order valence-electron chi connectivity index (χ2n) is 12.3. The van der Waals surface area contributed by atoms with Gasteiger partial charge in [-0.2, -0.15) is 0 Å². The topological polar surface area (TPSA) is 77.1 Å². The highest BCUT2D eigenvalue weighted by Gasteiger charge is 2.33. The lowest BCUT2D eigenvalue weighted by atomic mass is 9.86. The molecule has 1 aliphatic rings. The number of rotatable bonds is 9. The number of nitrogens with one attached hydrogen (secondary N) is 1. The minimum atomic E-state index is -0.648. The fourth-order valence-electron chi connectivity index (χ4n) is 5.53. The zero-order chi connectivity index (χ0) is 32.7. The maximum Gasteiger partial charge on any atom is 0.410 e. The predicted molar refractivity (Wildman–Crippen MR) is 181 cm³/mol. The molecule has 0 radical (unpaired) electrons. The second kappa shape index (κ2) is 14.7. The van der Waals surface area contributed by atoms with E-state index < -0.39 is 11.7 Å². The van der Waals surface area contributed by atoms with Crippen molar-refractivity contribution in [3.05, 3.63) is 129 Å². The summed E-state index contributed by atoms with van der Waals surface area (Å²) in [5, 5.41) is 3.23. The number of benzene rings is 4. The Balaban J connectivity index is 1.54. The molecule has 1 aliphatic heterocycles. The van der Waals surface area contributed by atoms with E-state index in [1.54, 1.807) is 4.90 Å². The van der Waals surface area contributed by atoms with Gasteiger partial charge in [-0.3, -0.25) is 4.79 Å². The molecule has 4 aromatic rings. The smallest absolute Gasteiger partial charge is 0.410 e. The molecule has 8 heteroatoms. The lowest BCUT2D eigenvalue weighted by Crippen LogP contribution is -2.39. The fourth-order valence-corrected chi connectivity index (χ4v) is 5.91. The van der Waals surface area contributed by atoms with E-state index in [-0.39, 0.29) is 18.4 Å². The van der Waals surface area contributed by atoms with Gasteiger partial charge < -0.3 is 24.4 Å². The van der Waals surface area contributed by atoms with Crippen molar-refractivity contribution in [1.82, 2.24) is 10.2 Å². The first kappa shape index (κ1) is 32.9. The summed E-state index contributed by atoms with van der Waals surface area (Å²) in [5.41, 5.74) is 4.39. The minimum Gasteiger partial charge on any atom is -0.489 e. The molecule has 5 rings (SSSR count). The second-order valence-corrected chi connectivity index (χ2v) is 12.7. The Labute approximate surface area is 276 Å². The average Bonchev–Trinajstić information content (AvgIpc) is 3.24. The largest absolute Gasteiger partial charge is 0.489 e. The van der Waals surface area contributed by atoms with Gasteiger partial charge in [0, 0.05) is 25.6 Å². The van der Waals surface area contributed by atoms with Gasteiger partial charge in [0.15, 0.2) is 0 Å². The number of carbonyl (C=O) groups is 2. The summed E-state index contributed by atoms with van der Waals surface area (Å²) in [6.45, 7) is 9.35. The first-order valence-electron chi connectivity index (χ1n) is 15.7. The molecule has 0 fully saturated rings. The minimum absolute atomic E-state index is 0.268. The molecule has 4 aromatic carbocycles. The predicted octanol–water partition coefficient (Wildman–Crippen LogP) is 8.17. The van der Waals surface area contributed by atoms with Crippen LogP contribution >= 0.6 is 11.6 Å². The van der Waals surface area contributed by atoms with Crippen LogP contribution in [0.2, 0.25) is 5.02 Å². The monoisotopic (exact) mass is 640 g/mol. The first-order valence-corrected chi connectivity index (χ1v) is 16.1. The van der Waals surface area contributed by atoms with Crippen LogP contribution in [0, 0.1) is 0 Å². The number of hydrogen-bond donors (Lipinski definition) is 1. The van der Waals surface area contributed by atoms with Crippen molar-refractivity contribution in [2.45, 2.75) is 58.8 Å². The van der Waals surface area contributed by atoms with E-state index >= 15 is 0 Å². The fraction of sp³-hybridized carbons (Fsp3) is 0.316. The van der Waals surface area contributed by atoms with E-state index in [1.165, 1.54) is 0 Å². The van der Waals surface area contributed by atoms with Crippen molar-refractivity contribution >= 4 is 23.6 Å². The van der Waals surface area contributed by atoms with Gasteiger partial charge in [0.05, 0.1) is 5.02 Å². The first-order chi connectivity index (χ1) is 22.1. The standard InChI is InChI=1S/C38H41ClN2O5/c1-5-40-36(42)34-33(45-25-27-14-10-7-11-15-27)22-31-30(35(34)39)20-21-41(37(43)46-38(2,3)4)23-32(31)28-16-18-29(19-17-28)44-24-26-12-8-6-9-13-26/h6-19,22,32H,5,20-21,23-25H2,1-4H3,(H,40,42). The van der Waals surface area contributed by atoms with Gasteiger partial charge in [-0.1, -0.05) is 84.4 Å². The highest BCUT2D eigenvalue weighted by Crippen LogP contribution is 2.41. The molecule has 0 bridgehead atoms. The molecule has 1 atom stereocenters. The molecule has 7 nitrogen and oxygen atoms in total. The SMILES string of the molecule is CCNC(=O)c1c(OCc2ccccc2)cc2c(c1Cl)CCN(C(=O)OC(C)(C)C)CC2c1ccc(OCc2ccccc2)cc1. The van der Waals surface area contributed by atoms with Crippen LogP contribution in [0.4, 0.5) is 4.79 Å². The van der Waals surface area contributed by atoms with Crippen molar-refractivity contribution in [2.24, 2.45) is 0 Å². The molecule has 0 saturated heterocycles. The molecule has 1 unspecified atom stereocenters. The molecule has 0 aliphatic carbocycles. The van der Waals surface area contributed by atoms with E-state index in [9.17, 15) is 9.59 Å². The number of fused-ring (bicyclic) bond motifs is 1. The molecule has 1 heterocycles. The molecular formula is C38H41ClN2O5. The Morgan fingerprint density at radius 3 is 2.09 bits per heavy atom. The summed E-state index contributed by atoms with van der Waals surface area (Å²) in [6, 6.07) is 29.6. The third kappa shape index (κ3) is 8.20. The molecule has 0 spiro atoms. The maximum absolute atomic E-state index is 13.4. The Kier molecular flexibility index (Phi) is 10.5. The molecule has 240 valence electrons. The van der Waals surface area contributed by atoms with Gasteiger partial charge in [0.25, 0.3) is 5.91 Å². The third-order valence-corrected chi connectivity index (χ3v) is 8.18. The molecule has 0 aromatic heterocycles. The molecule has 2 amide bonds. The summed E-state index contributed by atoms with van der Waals surface area (Å²) in [4.78, 5) is 28.5. The van der Waals surface area contributed by atoms with Crippen LogP contribution in [-0.2, 0) is 24.4 Å². The number of ether oxygens (including phenoxy) is 3. The van der Waals surface area contributed by atoms with Gasteiger partial charge in [-0.25, -0.2) is 4.79 Å². The highest BCUT2D eigenvalue weighted by molar-refractivity contribution is 6.35. The normalized spacial score (nSPS) is 14.5. The van der Waals surface area contributed by atoms with Crippen LogP contribution in [0.1, 0.15) is 71.8 Å². The summed E-state index contributed by atoms with van der Waals surface area (Å²) in [5.74, 6) is 0.565. The van der Waals surface area contributed by atoms with E-state index in [2.05, 4.69) is 5.32 Å². The number of hydrogen-bond acceptors (Lipinski definition) is 5. The van der Waals surface area contributed by atoms with E-state index in [0.29, 0.717) is 49.0 Å². The number of halogens is 1. The van der Waals surface area contributed by atoms with Crippen LogP contribution < -0.4 is 14.8 Å². The number of amides is 2. The third-order valence-electron chi connectivity index (χ3n) is 7.76. The van der Waals surface area contributed by atoms with Gasteiger partial charge >= 0.3 is 6.09 Å². The zero-order valence-electron chi connectivity index (χ0n) is 26.8. The van der Waals surface area contributed by atoms with Crippen molar-refractivity contribution in [2.75, 3.05) is 19.6 Å². The van der Waals surface area contributed by atoms with Crippen LogP contribution in [0.15, 0.2) is 91.0 Å². The lowest BCUT2D eigenvalue weighted by Gasteiger charge is -2.29. The summed E-state index contributed by atoms with van der Waals surface area (Å²) in [6.07, 6.45) is 0.0573. The highest BCUT2D eigenvalue weighted by atomic mass is 35.5. The van der Waals surface area contributed by atoms with Crippen molar-refractivity contribution in [1.29, 1.82) is 0 Å². The molecule has 46 heavy (non-hydrogen) atoms. The van der Waals surface area contributed by atoms with Gasteiger partial charge in [-0.15, -0.1) is 0 Å². The van der Waals surface area contributed by atoms with E-state index in [1.807, 2.05) is 119 Å². The van der Waals surface area contributed by atoms with Crippen LogP contribution in [0.5, 0.6) is 11.5 Å². The summed E-state index contributed by atoms with van der Waals surface area (Å²) < 4.78 is 18.2. The van der Waals surface area contributed by atoms with Gasteiger partial charge in [0.1, 0.15) is 35.9 Å². The molecule has 1 N–H and O–H groups in total. The maximum atomic E-state index is 13.4. The lowest BCUT2D eigenvalue weighted by molar-refractivity contribution is 0.0251. The molecule has 0 saturated carbocycles. The van der Waals surface area contributed by atoms with Crippen LogP contribution in [-0.4, -0.2) is 42.1 Å². The van der Waals surface area contributed by atoms with E-state index in [4.69, 9.17) is 25.8 Å². The zero-order valence-corrected chi connectivity index (χ0v) is 27.6. The van der Waals surface area contributed by atoms with Gasteiger partial charge in [-0.05, 0) is 80.1 Å². The van der Waals surface area contributed by atoms with Crippen LogP contribution in [0.3, 0.4) is 0 Å². The summed E-state index contributed by atoms with van der Waals surface area (Å²) >= 11 is 7.13. The Hall–Kier alpha value is -4.49. The van der Waals surface area contributed by atoms with Crippen LogP contribution in [0.25, 0.3) is 0 Å². The Bertz CT molecular complexity index is 1640. The average molecular weight is 641 g/mol. The van der Waals surface area contributed by atoms with Crippen molar-refractivity contribution in [3.8, 4) is 11.5 Å². The quantitative estimate of drug-likeness (QED) is 0.200. The van der Waals surface area contributed by atoms with Crippen molar-refractivity contribution in [3.63, 3.8) is 0 Å². The molecular weight excluding hydrogens is 600 g/mol. The number of carbonyl (C=O) groups excluding carboxylic acids is 2. The van der Waals surface area contributed by atoms with Crippen molar-refractivity contribution < 1.29 is 23.8 Å².